The van der Waals surface area contributed by atoms with E-state index in [2.05, 4.69) is 137 Å². The molecule has 0 N–H and O–H groups in total. The van der Waals surface area contributed by atoms with E-state index in [1.807, 2.05) is 54.7 Å². The van der Waals surface area contributed by atoms with Crippen LogP contribution < -0.4 is 0 Å². The van der Waals surface area contributed by atoms with Crippen molar-refractivity contribution in [1.82, 2.24) is 19.1 Å². The summed E-state index contributed by atoms with van der Waals surface area (Å²) in [5.74, 6) is 0. The third-order valence-corrected chi connectivity index (χ3v) is 9.99. The quantitative estimate of drug-likeness (QED) is 0.184. The van der Waals surface area contributed by atoms with Crippen LogP contribution >= 0.6 is 0 Å². The summed E-state index contributed by atoms with van der Waals surface area (Å²) in [6.45, 7) is 0. The fourth-order valence-electron chi connectivity index (χ4n) is 7.71. The first-order valence-corrected chi connectivity index (χ1v) is 17.3. The number of hydrogen-bond donors (Lipinski definition) is 0. The molecule has 0 aliphatic rings. The Morgan fingerprint density at radius 3 is 2.06 bits per heavy atom. The van der Waals surface area contributed by atoms with Gasteiger partial charge >= 0.3 is 0 Å². The highest BCUT2D eigenvalue weighted by Gasteiger charge is 2.21. The molecule has 0 aliphatic heterocycles. The number of pyridine rings is 2. The van der Waals surface area contributed by atoms with Gasteiger partial charge in [-0.15, -0.1) is 0 Å². The minimum absolute atomic E-state index is 0.593. The smallest absolute Gasteiger partial charge is 0.145 e. The zero-order valence-electron chi connectivity index (χ0n) is 28.0. The van der Waals surface area contributed by atoms with Gasteiger partial charge in [-0.1, -0.05) is 103 Å². The van der Waals surface area contributed by atoms with Crippen LogP contribution in [0.25, 0.3) is 88.8 Å². The van der Waals surface area contributed by atoms with Crippen LogP contribution in [0.1, 0.15) is 5.56 Å². The molecule has 5 nitrogen and oxygen atoms in total. The highest BCUT2D eigenvalue weighted by Crippen LogP contribution is 2.42. The first kappa shape index (κ1) is 29.6. The van der Waals surface area contributed by atoms with Gasteiger partial charge in [0.15, 0.2) is 0 Å². The van der Waals surface area contributed by atoms with Gasteiger partial charge in [0.25, 0.3) is 0 Å². The number of fused-ring (bicyclic) bond motifs is 7. The number of hydrogen-bond acceptors (Lipinski definition) is 3. The first-order chi connectivity index (χ1) is 25.8. The molecule has 4 heterocycles. The molecular weight excluding hydrogens is 635 g/mol. The summed E-state index contributed by atoms with van der Waals surface area (Å²) >= 11 is 0. The van der Waals surface area contributed by atoms with Crippen LogP contribution in [0.5, 0.6) is 0 Å². The van der Waals surface area contributed by atoms with E-state index in [4.69, 9.17) is 9.97 Å². The second kappa shape index (κ2) is 11.9. The van der Waals surface area contributed by atoms with E-state index < -0.39 is 0 Å². The Morgan fingerprint density at radius 1 is 0.481 bits per heavy atom. The van der Waals surface area contributed by atoms with Crippen LogP contribution in [0.15, 0.2) is 176 Å². The SMILES string of the molecule is N#Cc1ccccc1-c1cc(-c2cccc(-n3c4ncccc4c4ccc5c(c6ccccc6n5-c5ccccc5)c43)c2)cc(-c2ccccc2)n1. The third kappa shape index (κ3) is 4.63. The van der Waals surface area contributed by atoms with Gasteiger partial charge < -0.3 is 4.57 Å². The average molecular weight is 664 g/mol. The van der Waals surface area contributed by atoms with Crippen molar-refractivity contribution in [2.24, 2.45) is 0 Å². The Balaban J connectivity index is 1.25. The minimum atomic E-state index is 0.593. The molecule has 0 unspecified atom stereocenters. The van der Waals surface area contributed by atoms with E-state index >= 15 is 0 Å². The van der Waals surface area contributed by atoms with Crippen molar-refractivity contribution in [3.63, 3.8) is 0 Å². The lowest BCUT2D eigenvalue weighted by molar-refractivity contribution is 1.14. The molecule has 5 heteroatoms. The van der Waals surface area contributed by atoms with E-state index in [-0.39, 0.29) is 0 Å². The van der Waals surface area contributed by atoms with Gasteiger partial charge in [0.05, 0.1) is 39.6 Å². The Kier molecular flexibility index (Phi) is 6.80. The second-order valence-electron chi connectivity index (χ2n) is 13.0. The fourth-order valence-corrected chi connectivity index (χ4v) is 7.71. The standard InChI is InChI=1S/C47H29N5/c48-30-33-15-7-8-20-37(33)42-29-34(28-41(50-42)31-13-3-1-4-14-31)32-16-11-19-36(27-32)52-46-38(39-22-12-26-49-47(39)52)24-25-44-45(46)40-21-9-10-23-43(40)51(44)35-17-5-2-6-18-35/h1-29H. The number of benzene rings is 6. The van der Waals surface area contributed by atoms with Crippen molar-refractivity contribution in [3.05, 3.63) is 182 Å². The maximum atomic E-state index is 9.99. The molecule has 52 heavy (non-hydrogen) atoms. The third-order valence-electron chi connectivity index (χ3n) is 9.99. The number of nitrogens with zero attached hydrogens (tertiary/aromatic N) is 5. The van der Waals surface area contributed by atoms with E-state index in [1.165, 1.54) is 10.8 Å². The van der Waals surface area contributed by atoms with Gasteiger partial charge in [-0.2, -0.15) is 5.26 Å². The predicted octanol–water partition coefficient (Wildman–Crippen LogP) is 11.5. The molecule has 6 aromatic carbocycles. The van der Waals surface area contributed by atoms with Gasteiger partial charge in [-0.3, -0.25) is 4.57 Å². The molecule has 0 aliphatic carbocycles. The summed E-state index contributed by atoms with van der Waals surface area (Å²) < 4.78 is 4.68. The number of rotatable bonds is 5. The molecule has 0 bridgehead atoms. The van der Waals surface area contributed by atoms with E-state index in [0.29, 0.717) is 5.56 Å². The zero-order valence-corrected chi connectivity index (χ0v) is 28.0. The van der Waals surface area contributed by atoms with Gasteiger partial charge in [0.1, 0.15) is 5.65 Å². The summed E-state index contributed by atoms with van der Waals surface area (Å²) in [6, 6.07) is 61.0. The maximum absolute atomic E-state index is 9.99. The predicted molar refractivity (Wildman–Crippen MR) is 212 cm³/mol. The van der Waals surface area contributed by atoms with Crippen LogP contribution in [0.3, 0.4) is 0 Å². The molecule has 10 aromatic rings. The van der Waals surface area contributed by atoms with Gasteiger partial charge in [-0.05, 0) is 77.9 Å². The Morgan fingerprint density at radius 2 is 1.19 bits per heavy atom. The summed E-state index contributed by atoms with van der Waals surface area (Å²) in [6.07, 6.45) is 1.87. The molecule has 242 valence electrons. The summed E-state index contributed by atoms with van der Waals surface area (Å²) in [5.41, 5.74) is 12.5. The Labute approximate surface area is 299 Å². The van der Waals surface area contributed by atoms with Gasteiger partial charge in [0.2, 0.25) is 0 Å². The first-order valence-electron chi connectivity index (χ1n) is 17.3. The van der Waals surface area contributed by atoms with Gasteiger partial charge in [-0.25, -0.2) is 9.97 Å². The molecule has 0 fully saturated rings. The highest BCUT2D eigenvalue weighted by atomic mass is 15.1. The lowest BCUT2D eigenvalue weighted by Crippen LogP contribution is -1.97. The minimum Gasteiger partial charge on any atom is -0.309 e. The molecular formula is C47H29N5. The molecule has 0 radical (unpaired) electrons. The molecule has 0 amide bonds. The van der Waals surface area contributed by atoms with Crippen LogP contribution in [0.2, 0.25) is 0 Å². The normalized spacial score (nSPS) is 11.4. The largest absolute Gasteiger partial charge is 0.309 e. The number of aromatic nitrogens is 4. The van der Waals surface area contributed by atoms with E-state index in [9.17, 15) is 5.26 Å². The Hall–Kier alpha value is -7.29. The van der Waals surface area contributed by atoms with E-state index in [0.717, 1.165) is 78.0 Å². The molecule has 0 saturated heterocycles. The van der Waals surface area contributed by atoms with Crippen LogP contribution in [0, 0.1) is 11.3 Å². The summed E-state index contributed by atoms with van der Waals surface area (Å²) in [7, 11) is 0. The topological polar surface area (TPSA) is 59.4 Å². The molecule has 0 atom stereocenters. The van der Waals surface area contributed by atoms with Crippen molar-refractivity contribution < 1.29 is 0 Å². The molecule has 10 rings (SSSR count). The van der Waals surface area contributed by atoms with Crippen molar-refractivity contribution in [2.45, 2.75) is 0 Å². The summed E-state index contributed by atoms with van der Waals surface area (Å²) in [4.78, 5) is 10.1. The number of para-hydroxylation sites is 2. The van der Waals surface area contributed by atoms with Crippen LogP contribution in [-0.2, 0) is 0 Å². The van der Waals surface area contributed by atoms with Gasteiger partial charge in [0, 0.05) is 50.2 Å². The lowest BCUT2D eigenvalue weighted by atomic mass is 9.98. The number of nitriles is 1. The van der Waals surface area contributed by atoms with Crippen molar-refractivity contribution in [2.75, 3.05) is 0 Å². The zero-order chi connectivity index (χ0) is 34.6. The molecule has 4 aromatic heterocycles. The van der Waals surface area contributed by atoms with Crippen LogP contribution in [0.4, 0.5) is 0 Å². The van der Waals surface area contributed by atoms with Crippen molar-refractivity contribution >= 4 is 43.7 Å². The maximum Gasteiger partial charge on any atom is 0.145 e. The fraction of sp³-hybridized carbons (Fsp3) is 0. The lowest BCUT2D eigenvalue weighted by Gasteiger charge is -2.13. The molecule has 0 saturated carbocycles. The Bertz CT molecular complexity index is 3020. The highest BCUT2D eigenvalue weighted by molar-refractivity contribution is 6.25. The van der Waals surface area contributed by atoms with Crippen molar-refractivity contribution in [3.8, 4) is 51.1 Å². The van der Waals surface area contributed by atoms with Crippen LogP contribution in [-0.4, -0.2) is 19.1 Å². The average Bonchev–Trinajstić information content (AvgIpc) is 3.74. The molecule has 0 spiro atoms. The van der Waals surface area contributed by atoms with Crippen molar-refractivity contribution in [1.29, 1.82) is 5.26 Å². The summed E-state index contributed by atoms with van der Waals surface area (Å²) in [5, 5.41) is 14.6. The van der Waals surface area contributed by atoms with E-state index in [1.54, 1.807) is 0 Å². The monoisotopic (exact) mass is 663 g/mol. The second-order valence-corrected chi connectivity index (χ2v) is 13.0.